The molecular weight excluding hydrogens is 318 g/mol. The first-order chi connectivity index (χ1) is 8.52. The van der Waals surface area contributed by atoms with Crippen molar-refractivity contribution < 1.29 is 9.53 Å². The van der Waals surface area contributed by atoms with Crippen LogP contribution in [0.3, 0.4) is 0 Å². The maximum Gasteiger partial charge on any atom is 0.253 e. The molecule has 1 amide bonds. The summed E-state index contributed by atoms with van der Waals surface area (Å²) in [6.45, 7) is 3.41. The van der Waals surface area contributed by atoms with E-state index in [1.807, 2.05) is 13.0 Å². The second-order valence-corrected chi connectivity index (χ2v) is 5.96. The van der Waals surface area contributed by atoms with Crippen LogP contribution in [0.25, 0.3) is 0 Å². The average Bonchev–Trinajstić information content (AvgIpc) is 2.33. The van der Waals surface area contributed by atoms with Gasteiger partial charge in [-0.05, 0) is 47.8 Å². The summed E-state index contributed by atoms with van der Waals surface area (Å²) >= 11 is 9.44. The van der Waals surface area contributed by atoms with Gasteiger partial charge >= 0.3 is 0 Å². The lowest BCUT2D eigenvalue weighted by atomic mass is 9.92. The molecule has 3 nitrogen and oxygen atoms in total. The third-order valence-electron chi connectivity index (χ3n) is 3.21. The fourth-order valence-electron chi connectivity index (χ4n) is 1.97. The average molecular weight is 333 g/mol. The molecule has 1 N–H and O–H groups in total. The lowest BCUT2D eigenvalue weighted by Gasteiger charge is -2.34. The molecule has 2 rings (SSSR count). The molecule has 0 spiro atoms. The Hall–Kier alpha value is -0.580. The van der Waals surface area contributed by atoms with Gasteiger partial charge in [-0.15, -0.1) is 0 Å². The molecule has 98 valence electrons. The Morgan fingerprint density at radius 2 is 2.11 bits per heavy atom. The Balaban J connectivity index is 2.14. The Kier molecular flexibility index (Phi) is 4.30. The van der Waals surface area contributed by atoms with Gasteiger partial charge in [0.25, 0.3) is 5.91 Å². The highest BCUT2D eigenvalue weighted by Crippen LogP contribution is 2.27. The summed E-state index contributed by atoms with van der Waals surface area (Å²) in [5, 5.41) is 3.51. The van der Waals surface area contributed by atoms with Crippen LogP contribution in [0.15, 0.2) is 22.7 Å². The number of halogens is 2. The van der Waals surface area contributed by atoms with Gasteiger partial charge in [0.1, 0.15) is 0 Å². The summed E-state index contributed by atoms with van der Waals surface area (Å²) < 4.78 is 6.04. The van der Waals surface area contributed by atoms with Gasteiger partial charge in [-0.3, -0.25) is 4.79 Å². The standard InChI is InChI=1S/C13H15BrClNO2/c1-13(5-7-18-8-6-13)16-12(17)9-3-2-4-10(14)11(9)15/h2-4H,5-8H2,1H3,(H,16,17). The summed E-state index contributed by atoms with van der Waals surface area (Å²) in [6, 6.07) is 5.34. The monoisotopic (exact) mass is 331 g/mol. The third-order valence-corrected chi connectivity index (χ3v) is 4.50. The molecule has 1 saturated heterocycles. The first-order valence-corrected chi connectivity index (χ1v) is 7.03. The minimum atomic E-state index is -0.207. The second-order valence-electron chi connectivity index (χ2n) is 4.73. The van der Waals surface area contributed by atoms with Crippen molar-refractivity contribution in [2.45, 2.75) is 25.3 Å². The molecule has 1 aliphatic rings. The molecule has 18 heavy (non-hydrogen) atoms. The predicted molar refractivity (Wildman–Crippen MR) is 75.1 cm³/mol. The number of nitrogens with one attached hydrogen (secondary N) is 1. The summed E-state index contributed by atoms with van der Waals surface area (Å²) in [5.41, 5.74) is 0.291. The van der Waals surface area contributed by atoms with Crippen molar-refractivity contribution in [3.8, 4) is 0 Å². The van der Waals surface area contributed by atoms with E-state index >= 15 is 0 Å². The van der Waals surface area contributed by atoms with E-state index in [1.165, 1.54) is 0 Å². The molecule has 1 fully saturated rings. The minimum absolute atomic E-state index is 0.134. The number of ether oxygens (including phenoxy) is 1. The fraction of sp³-hybridized carbons (Fsp3) is 0.462. The van der Waals surface area contributed by atoms with E-state index in [9.17, 15) is 4.79 Å². The number of hydrogen-bond acceptors (Lipinski definition) is 2. The largest absolute Gasteiger partial charge is 0.381 e. The molecule has 0 bridgehead atoms. The first kappa shape index (κ1) is 13.8. The van der Waals surface area contributed by atoms with E-state index < -0.39 is 0 Å². The molecule has 1 aromatic carbocycles. The summed E-state index contributed by atoms with van der Waals surface area (Å²) in [5.74, 6) is -0.134. The number of carbonyl (C=O) groups excluding carboxylic acids is 1. The van der Waals surface area contributed by atoms with Crippen LogP contribution < -0.4 is 5.32 Å². The highest BCUT2D eigenvalue weighted by atomic mass is 79.9. The molecule has 1 aromatic rings. The zero-order chi connectivity index (χ0) is 13.2. The number of rotatable bonds is 2. The second kappa shape index (κ2) is 5.59. The van der Waals surface area contributed by atoms with Gasteiger partial charge in [0, 0.05) is 23.2 Å². The molecule has 0 saturated carbocycles. The van der Waals surface area contributed by atoms with Gasteiger partial charge < -0.3 is 10.1 Å². The van der Waals surface area contributed by atoms with Gasteiger partial charge in [-0.2, -0.15) is 0 Å². The van der Waals surface area contributed by atoms with E-state index in [0.717, 1.165) is 17.3 Å². The summed E-state index contributed by atoms with van der Waals surface area (Å²) in [4.78, 5) is 12.2. The molecule has 0 radical (unpaired) electrons. The van der Waals surface area contributed by atoms with Crippen molar-refractivity contribution in [2.24, 2.45) is 0 Å². The van der Waals surface area contributed by atoms with Crippen molar-refractivity contribution in [2.75, 3.05) is 13.2 Å². The highest BCUT2D eigenvalue weighted by molar-refractivity contribution is 9.10. The maximum atomic E-state index is 12.2. The molecule has 1 aliphatic heterocycles. The minimum Gasteiger partial charge on any atom is -0.381 e. The molecule has 0 atom stereocenters. The van der Waals surface area contributed by atoms with Crippen LogP contribution in [0.1, 0.15) is 30.1 Å². The summed E-state index contributed by atoms with van der Waals surface area (Å²) in [6.07, 6.45) is 1.65. The van der Waals surface area contributed by atoms with Gasteiger partial charge in [0.15, 0.2) is 0 Å². The van der Waals surface area contributed by atoms with Crippen LogP contribution in [-0.2, 0) is 4.74 Å². The summed E-state index contributed by atoms with van der Waals surface area (Å²) in [7, 11) is 0. The van der Waals surface area contributed by atoms with E-state index in [4.69, 9.17) is 16.3 Å². The zero-order valence-electron chi connectivity index (χ0n) is 10.1. The quantitative estimate of drug-likeness (QED) is 0.901. The number of benzene rings is 1. The molecule has 0 unspecified atom stereocenters. The molecule has 1 heterocycles. The maximum absolute atomic E-state index is 12.2. The Morgan fingerprint density at radius 3 is 2.78 bits per heavy atom. The van der Waals surface area contributed by atoms with E-state index in [2.05, 4.69) is 21.2 Å². The lowest BCUT2D eigenvalue weighted by molar-refractivity contribution is 0.0423. The zero-order valence-corrected chi connectivity index (χ0v) is 12.5. The SMILES string of the molecule is CC1(NC(=O)c2cccc(Br)c2Cl)CCOCC1. The van der Waals surface area contributed by atoms with Crippen molar-refractivity contribution in [3.05, 3.63) is 33.3 Å². The number of hydrogen-bond donors (Lipinski definition) is 1. The molecule has 0 aromatic heterocycles. The van der Waals surface area contributed by atoms with Crippen molar-refractivity contribution in [1.82, 2.24) is 5.32 Å². The fourth-order valence-corrected chi connectivity index (χ4v) is 2.55. The molecule has 0 aliphatic carbocycles. The Labute approximate surface area is 120 Å². The lowest BCUT2D eigenvalue weighted by Crippen LogP contribution is -2.49. The van der Waals surface area contributed by atoms with Gasteiger partial charge in [0.2, 0.25) is 0 Å². The van der Waals surface area contributed by atoms with Crippen LogP contribution in [0.4, 0.5) is 0 Å². The highest BCUT2D eigenvalue weighted by Gasteiger charge is 2.29. The van der Waals surface area contributed by atoms with Crippen LogP contribution >= 0.6 is 27.5 Å². The molecule has 5 heteroatoms. The number of amides is 1. The van der Waals surface area contributed by atoms with Crippen LogP contribution in [-0.4, -0.2) is 24.7 Å². The van der Waals surface area contributed by atoms with Crippen LogP contribution in [0, 0.1) is 0 Å². The third kappa shape index (κ3) is 3.05. The van der Waals surface area contributed by atoms with Crippen molar-refractivity contribution in [3.63, 3.8) is 0 Å². The van der Waals surface area contributed by atoms with Crippen molar-refractivity contribution >= 4 is 33.4 Å². The topological polar surface area (TPSA) is 38.3 Å². The molecular formula is C13H15BrClNO2. The Bertz CT molecular complexity index is 458. The smallest absolute Gasteiger partial charge is 0.253 e. The van der Waals surface area contributed by atoms with E-state index in [-0.39, 0.29) is 11.4 Å². The van der Waals surface area contributed by atoms with Gasteiger partial charge in [0.05, 0.1) is 10.6 Å². The van der Waals surface area contributed by atoms with Crippen LogP contribution in [0.5, 0.6) is 0 Å². The predicted octanol–water partition coefficient (Wildman–Crippen LogP) is 3.40. The first-order valence-electron chi connectivity index (χ1n) is 5.86. The Morgan fingerprint density at radius 1 is 1.44 bits per heavy atom. The van der Waals surface area contributed by atoms with Gasteiger partial charge in [-0.1, -0.05) is 17.7 Å². The van der Waals surface area contributed by atoms with Crippen LogP contribution in [0.2, 0.25) is 5.02 Å². The normalized spacial score (nSPS) is 18.4. The number of carbonyl (C=O) groups is 1. The van der Waals surface area contributed by atoms with E-state index in [1.54, 1.807) is 12.1 Å². The van der Waals surface area contributed by atoms with E-state index in [0.29, 0.717) is 23.8 Å². The van der Waals surface area contributed by atoms with Gasteiger partial charge in [-0.25, -0.2) is 0 Å². The van der Waals surface area contributed by atoms with Crippen molar-refractivity contribution in [1.29, 1.82) is 0 Å².